The van der Waals surface area contributed by atoms with Gasteiger partial charge in [0, 0.05) is 6.07 Å². The number of unbranched alkanes of at least 4 members (excludes halogenated alkanes) is 9. The number of nitrogens with zero attached hydrogens (tertiary/aromatic N) is 4. The van der Waals surface area contributed by atoms with E-state index in [0.717, 1.165) is 25.0 Å². The lowest BCUT2D eigenvalue weighted by atomic mass is 10.1. The largest absolute Gasteiger partial charge is 0.323 e. The number of halogens is 2. The molecule has 0 saturated carbocycles. The molecule has 29 heavy (non-hydrogen) atoms. The van der Waals surface area contributed by atoms with Gasteiger partial charge in [-0.05, 0) is 23.8 Å². The van der Waals surface area contributed by atoms with E-state index in [0.29, 0.717) is 6.54 Å². The van der Waals surface area contributed by atoms with Gasteiger partial charge in [0.1, 0.15) is 11.6 Å². The fraction of sp³-hybridized carbons (Fsp3) is 0.619. The summed E-state index contributed by atoms with van der Waals surface area (Å²) in [4.78, 5) is 13.5. The predicted octanol–water partition coefficient (Wildman–Crippen LogP) is 5.05. The third-order valence-electron chi connectivity index (χ3n) is 4.73. The maximum absolute atomic E-state index is 13.6. The number of amides is 1. The van der Waals surface area contributed by atoms with Crippen molar-refractivity contribution >= 4 is 11.6 Å². The van der Waals surface area contributed by atoms with Crippen LogP contribution in [0.1, 0.15) is 77.0 Å². The molecule has 8 heteroatoms. The van der Waals surface area contributed by atoms with Crippen LogP contribution >= 0.6 is 0 Å². The number of rotatable bonds is 14. The van der Waals surface area contributed by atoms with E-state index in [1.165, 1.54) is 62.2 Å². The lowest BCUT2D eigenvalue weighted by Crippen LogP contribution is -2.16. The summed E-state index contributed by atoms with van der Waals surface area (Å²) in [5, 5.41) is 14.4. The van der Waals surface area contributed by atoms with Gasteiger partial charge in [0.25, 0.3) is 0 Å². The Morgan fingerprint density at radius 3 is 2.31 bits per heavy atom. The summed E-state index contributed by atoms with van der Waals surface area (Å²) in [7, 11) is 0. The second-order valence-electron chi connectivity index (χ2n) is 7.33. The van der Waals surface area contributed by atoms with Crippen LogP contribution in [0, 0.1) is 11.6 Å². The summed E-state index contributed by atoms with van der Waals surface area (Å²) < 4.78 is 26.5. The Morgan fingerprint density at radius 1 is 1.00 bits per heavy atom. The second-order valence-corrected chi connectivity index (χ2v) is 7.33. The number of aromatic nitrogens is 4. The summed E-state index contributed by atoms with van der Waals surface area (Å²) >= 11 is 0. The second kappa shape index (κ2) is 13.0. The van der Waals surface area contributed by atoms with Crippen molar-refractivity contribution in [2.45, 2.75) is 84.1 Å². The summed E-state index contributed by atoms with van der Waals surface area (Å²) in [6, 6.07) is 2.98. The Kier molecular flexibility index (Phi) is 10.2. The number of tetrazole rings is 1. The van der Waals surface area contributed by atoms with Crippen LogP contribution in [0.15, 0.2) is 18.2 Å². The van der Waals surface area contributed by atoms with E-state index in [4.69, 9.17) is 0 Å². The number of benzene rings is 1. The van der Waals surface area contributed by atoms with E-state index in [1.807, 2.05) is 0 Å². The fourth-order valence-corrected chi connectivity index (χ4v) is 3.11. The zero-order valence-corrected chi connectivity index (χ0v) is 17.2. The Morgan fingerprint density at radius 2 is 1.66 bits per heavy atom. The Balaban J connectivity index is 1.59. The van der Waals surface area contributed by atoms with Crippen molar-refractivity contribution < 1.29 is 13.6 Å². The molecule has 1 heterocycles. The molecule has 0 saturated heterocycles. The monoisotopic (exact) mass is 407 g/mol. The molecule has 1 N–H and O–H groups in total. The maximum Gasteiger partial charge on any atom is 0.232 e. The maximum atomic E-state index is 13.6. The molecule has 0 aliphatic carbocycles. The van der Waals surface area contributed by atoms with Crippen LogP contribution in [0.2, 0.25) is 0 Å². The third kappa shape index (κ3) is 9.11. The first-order valence-corrected chi connectivity index (χ1v) is 10.6. The molecule has 0 spiro atoms. The average molecular weight is 408 g/mol. The molecule has 0 atom stereocenters. The highest BCUT2D eigenvalue weighted by Gasteiger charge is 2.12. The molecule has 0 aliphatic heterocycles. The van der Waals surface area contributed by atoms with E-state index >= 15 is 0 Å². The highest BCUT2D eigenvalue weighted by atomic mass is 19.1. The average Bonchev–Trinajstić information content (AvgIpc) is 3.12. The quantitative estimate of drug-likeness (QED) is 0.445. The molecule has 6 nitrogen and oxygen atoms in total. The molecule has 160 valence electrons. The molecule has 1 aromatic heterocycles. The molecule has 0 aliphatic rings. The number of aryl methyl sites for hydroxylation is 1. The van der Waals surface area contributed by atoms with E-state index in [2.05, 4.69) is 27.7 Å². The standard InChI is InChI=1S/C21H31F2N5O/c1-2-3-4-5-6-7-8-9-10-11-14-28-26-20(25-27-28)16-21(29)24-19-13-12-17(22)15-18(19)23/h12-13,15H,2-11,14,16H2,1H3,(H,24,29). The number of anilines is 1. The van der Waals surface area contributed by atoms with Gasteiger partial charge in [-0.1, -0.05) is 64.7 Å². The van der Waals surface area contributed by atoms with Crippen molar-refractivity contribution in [3.8, 4) is 0 Å². The lowest BCUT2D eigenvalue weighted by molar-refractivity contribution is -0.115. The first-order chi connectivity index (χ1) is 14.1. The zero-order chi connectivity index (χ0) is 20.9. The minimum absolute atomic E-state index is 0.0749. The smallest absolute Gasteiger partial charge is 0.232 e. The van der Waals surface area contributed by atoms with E-state index < -0.39 is 17.5 Å². The summed E-state index contributed by atoms with van der Waals surface area (Å²) in [5.41, 5.74) is -0.0749. The number of carbonyl (C=O) groups excluding carboxylic acids is 1. The van der Waals surface area contributed by atoms with Crippen LogP contribution in [-0.4, -0.2) is 26.1 Å². The van der Waals surface area contributed by atoms with Crippen molar-refractivity contribution in [2.24, 2.45) is 0 Å². The van der Waals surface area contributed by atoms with Crippen LogP contribution in [0.5, 0.6) is 0 Å². The molecule has 0 unspecified atom stereocenters. The van der Waals surface area contributed by atoms with Crippen LogP contribution < -0.4 is 5.32 Å². The topological polar surface area (TPSA) is 72.7 Å². The molecular weight excluding hydrogens is 376 g/mol. The first kappa shape index (κ1) is 22.9. The van der Waals surface area contributed by atoms with Gasteiger partial charge >= 0.3 is 0 Å². The summed E-state index contributed by atoms with van der Waals surface area (Å²) in [6.45, 7) is 2.90. The molecule has 0 radical (unpaired) electrons. The lowest BCUT2D eigenvalue weighted by Gasteiger charge is -2.04. The molecule has 0 fully saturated rings. The van der Waals surface area contributed by atoms with Crippen molar-refractivity contribution in [3.05, 3.63) is 35.7 Å². The number of hydrogen-bond donors (Lipinski definition) is 1. The van der Waals surface area contributed by atoms with Crippen molar-refractivity contribution in [1.82, 2.24) is 20.2 Å². The van der Waals surface area contributed by atoms with Gasteiger partial charge in [0.05, 0.1) is 18.7 Å². The van der Waals surface area contributed by atoms with Gasteiger partial charge in [0.15, 0.2) is 5.82 Å². The Bertz CT molecular complexity index is 750. The number of hydrogen-bond acceptors (Lipinski definition) is 4. The van der Waals surface area contributed by atoms with Crippen molar-refractivity contribution in [1.29, 1.82) is 0 Å². The number of nitrogens with one attached hydrogen (secondary N) is 1. The Hall–Kier alpha value is -2.38. The van der Waals surface area contributed by atoms with Gasteiger partial charge in [-0.25, -0.2) is 8.78 Å². The van der Waals surface area contributed by atoms with Crippen LogP contribution in [0.25, 0.3) is 0 Å². The summed E-state index contributed by atoms with van der Waals surface area (Å²) in [5.74, 6) is -1.72. The molecule has 0 bridgehead atoms. The van der Waals surface area contributed by atoms with Gasteiger partial charge in [0.2, 0.25) is 5.91 Å². The zero-order valence-electron chi connectivity index (χ0n) is 17.2. The first-order valence-electron chi connectivity index (χ1n) is 10.6. The number of carbonyl (C=O) groups is 1. The van der Waals surface area contributed by atoms with E-state index in [9.17, 15) is 13.6 Å². The molecular formula is C21H31F2N5O. The van der Waals surface area contributed by atoms with Crippen LogP contribution in [-0.2, 0) is 17.8 Å². The minimum Gasteiger partial charge on any atom is -0.323 e. The van der Waals surface area contributed by atoms with Crippen molar-refractivity contribution in [2.75, 3.05) is 5.32 Å². The third-order valence-corrected chi connectivity index (χ3v) is 4.73. The molecule has 2 rings (SSSR count). The highest BCUT2D eigenvalue weighted by Crippen LogP contribution is 2.15. The fourth-order valence-electron chi connectivity index (χ4n) is 3.11. The Labute approximate surface area is 171 Å². The van der Waals surface area contributed by atoms with Gasteiger partial charge in [-0.3, -0.25) is 4.79 Å². The van der Waals surface area contributed by atoms with Crippen LogP contribution in [0.4, 0.5) is 14.5 Å². The van der Waals surface area contributed by atoms with E-state index in [1.54, 1.807) is 0 Å². The SMILES string of the molecule is CCCCCCCCCCCCn1nnc(CC(=O)Nc2ccc(F)cc2F)n1. The van der Waals surface area contributed by atoms with E-state index in [-0.39, 0.29) is 17.9 Å². The molecule has 1 aromatic carbocycles. The molecule has 1 amide bonds. The van der Waals surface area contributed by atoms with Crippen LogP contribution in [0.3, 0.4) is 0 Å². The van der Waals surface area contributed by atoms with Gasteiger partial charge in [-0.15, -0.1) is 10.2 Å². The minimum atomic E-state index is -0.823. The predicted molar refractivity (Wildman–Crippen MR) is 108 cm³/mol. The van der Waals surface area contributed by atoms with Crippen molar-refractivity contribution in [3.63, 3.8) is 0 Å². The molecule has 2 aromatic rings. The van der Waals surface area contributed by atoms with Gasteiger partial charge < -0.3 is 5.32 Å². The normalized spacial score (nSPS) is 11.0. The highest BCUT2D eigenvalue weighted by molar-refractivity contribution is 5.91. The summed E-state index contributed by atoms with van der Waals surface area (Å²) in [6.07, 6.45) is 12.4. The van der Waals surface area contributed by atoms with Gasteiger partial charge in [-0.2, -0.15) is 4.80 Å².